The van der Waals surface area contributed by atoms with Gasteiger partial charge < -0.3 is 10.3 Å². The predicted molar refractivity (Wildman–Crippen MR) is 115 cm³/mol. The van der Waals surface area contributed by atoms with Crippen molar-refractivity contribution >= 4 is 17.2 Å². The van der Waals surface area contributed by atoms with E-state index in [0.29, 0.717) is 12.2 Å². The van der Waals surface area contributed by atoms with Crippen LogP contribution in [0, 0.1) is 13.8 Å². The number of amides is 1. The molecular weight excluding hydrogens is 384 g/mol. The fourth-order valence-electron chi connectivity index (χ4n) is 3.24. The zero-order valence-corrected chi connectivity index (χ0v) is 16.9. The number of pyridine rings is 1. The van der Waals surface area contributed by atoms with E-state index in [1.54, 1.807) is 12.1 Å². The molecule has 6 nitrogen and oxygen atoms in total. The van der Waals surface area contributed by atoms with Crippen LogP contribution < -0.4 is 10.9 Å². The molecule has 2 N–H and O–H groups in total. The van der Waals surface area contributed by atoms with Crippen LogP contribution in [-0.4, -0.2) is 20.7 Å². The number of carbonyl (C=O) groups is 1. The van der Waals surface area contributed by atoms with Gasteiger partial charge in [0, 0.05) is 17.8 Å². The molecule has 0 spiro atoms. The molecule has 0 unspecified atom stereocenters. The van der Waals surface area contributed by atoms with Crippen LogP contribution in [0.4, 0.5) is 0 Å². The quantitative estimate of drug-likeness (QED) is 0.530. The summed E-state index contributed by atoms with van der Waals surface area (Å²) >= 11 is 1.53. The summed E-state index contributed by atoms with van der Waals surface area (Å²) in [6, 6.07) is 17.0. The zero-order chi connectivity index (χ0) is 20.4. The highest BCUT2D eigenvalue weighted by atomic mass is 32.1. The molecule has 0 radical (unpaired) electrons. The first-order chi connectivity index (χ1) is 14.0. The van der Waals surface area contributed by atoms with Crippen molar-refractivity contribution in [2.45, 2.75) is 20.4 Å². The Kier molecular flexibility index (Phi) is 5.14. The molecule has 0 aliphatic rings. The molecule has 0 aliphatic carbocycles. The summed E-state index contributed by atoms with van der Waals surface area (Å²) in [7, 11) is 0. The lowest BCUT2D eigenvalue weighted by Gasteiger charge is -2.07. The lowest BCUT2D eigenvalue weighted by Crippen LogP contribution is -2.29. The number of aromatic amines is 1. The molecule has 4 rings (SSSR count). The smallest absolute Gasteiger partial charge is 0.261 e. The van der Waals surface area contributed by atoms with Gasteiger partial charge in [0.05, 0.1) is 22.0 Å². The number of para-hydroxylation sites is 1. The maximum atomic E-state index is 12.6. The number of thiophene rings is 1. The largest absolute Gasteiger partial charge is 0.348 e. The molecule has 1 amide bonds. The standard InChI is InChI=1S/C22H20N4O2S/c1-14-18(15(2)26(25-14)16-7-4-3-5-8-16)13-23-21(27)17-10-11-19(24-22(17)28)20-9-6-12-29-20/h3-12H,13H2,1-2H3,(H,23,27)(H,24,28). The second-order valence-electron chi connectivity index (χ2n) is 6.67. The zero-order valence-electron chi connectivity index (χ0n) is 16.1. The summed E-state index contributed by atoms with van der Waals surface area (Å²) in [6.07, 6.45) is 0. The number of rotatable bonds is 5. The monoisotopic (exact) mass is 404 g/mol. The molecule has 1 aromatic carbocycles. The van der Waals surface area contributed by atoms with Gasteiger partial charge >= 0.3 is 0 Å². The van der Waals surface area contributed by atoms with Crippen molar-refractivity contribution in [3.8, 4) is 16.3 Å². The number of nitrogens with zero attached hydrogens (tertiary/aromatic N) is 2. The summed E-state index contributed by atoms with van der Waals surface area (Å²) in [6.45, 7) is 4.18. The number of hydrogen-bond acceptors (Lipinski definition) is 4. The van der Waals surface area contributed by atoms with Crippen LogP contribution in [-0.2, 0) is 6.54 Å². The number of benzene rings is 1. The molecule has 146 valence electrons. The molecule has 0 aliphatic heterocycles. The van der Waals surface area contributed by atoms with Crippen LogP contribution in [0.1, 0.15) is 27.3 Å². The van der Waals surface area contributed by atoms with Gasteiger partial charge in [0.1, 0.15) is 5.56 Å². The average molecular weight is 404 g/mol. The Balaban J connectivity index is 1.52. The average Bonchev–Trinajstić information content (AvgIpc) is 3.36. The molecule has 0 fully saturated rings. The number of hydrogen-bond donors (Lipinski definition) is 2. The Morgan fingerprint density at radius 3 is 2.59 bits per heavy atom. The van der Waals surface area contributed by atoms with E-state index in [2.05, 4.69) is 15.4 Å². The van der Waals surface area contributed by atoms with Gasteiger partial charge in [-0.05, 0) is 49.6 Å². The van der Waals surface area contributed by atoms with E-state index in [-0.39, 0.29) is 5.56 Å². The Labute approximate surface area is 171 Å². The Hall–Kier alpha value is -3.45. The van der Waals surface area contributed by atoms with Gasteiger partial charge in [-0.2, -0.15) is 5.10 Å². The number of aromatic nitrogens is 3. The molecule has 4 aromatic rings. The van der Waals surface area contributed by atoms with Crippen LogP contribution >= 0.6 is 11.3 Å². The molecule has 29 heavy (non-hydrogen) atoms. The number of nitrogens with one attached hydrogen (secondary N) is 2. The van der Waals surface area contributed by atoms with E-state index in [1.165, 1.54) is 11.3 Å². The van der Waals surface area contributed by atoms with Gasteiger partial charge in [0.25, 0.3) is 11.5 Å². The third kappa shape index (κ3) is 3.77. The van der Waals surface area contributed by atoms with Crippen molar-refractivity contribution in [1.82, 2.24) is 20.1 Å². The highest BCUT2D eigenvalue weighted by molar-refractivity contribution is 7.13. The van der Waals surface area contributed by atoms with Gasteiger partial charge in [-0.15, -0.1) is 11.3 Å². The first-order valence-corrected chi connectivity index (χ1v) is 10.1. The van der Waals surface area contributed by atoms with Gasteiger partial charge in [0.15, 0.2) is 0 Å². The second kappa shape index (κ2) is 7.89. The molecule has 0 bridgehead atoms. The van der Waals surface area contributed by atoms with Gasteiger partial charge in [-0.3, -0.25) is 9.59 Å². The lowest BCUT2D eigenvalue weighted by atomic mass is 10.1. The van der Waals surface area contributed by atoms with E-state index in [1.807, 2.05) is 66.4 Å². The first kappa shape index (κ1) is 18.9. The van der Waals surface area contributed by atoms with Gasteiger partial charge in [-0.1, -0.05) is 24.3 Å². The van der Waals surface area contributed by atoms with E-state index >= 15 is 0 Å². The second-order valence-corrected chi connectivity index (χ2v) is 7.62. The third-order valence-corrected chi connectivity index (χ3v) is 5.71. The minimum absolute atomic E-state index is 0.0936. The molecule has 7 heteroatoms. The normalized spacial score (nSPS) is 10.8. The van der Waals surface area contributed by atoms with Crippen molar-refractivity contribution in [2.24, 2.45) is 0 Å². The van der Waals surface area contributed by atoms with E-state index in [4.69, 9.17) is 0 Å². The molecule has 0 saturated carbocycles. The highest BCUT2D eigenvalue weighted by Crippen LogP contribution is 2.21. The number of H-pyrrole nitrogens is 1. The van der Waals surface area contributed by atoms with Crippen LogP contribution in [0.25, 0.3) is 16.3 Å². The molecule has 3 aromatic heterocycles. The van der Waals surface area contributed by atoms with Crippen LogP contribution in [0.3, 0.4) is 0 Å². The summed E-state index contributed by atoms with van der Waals surface area (Å²) in [5, 5.41) is 9.37. The third-order valence-electron chi connectivity index (χ3n) is 4.81. The highest BCUT2D eigenvalue weighted by Gasteiger charge is 2.16. The van der Waals surface area contributed by atoms with Crippen molar-refractivity contribution < 1.29 is 4.79 Å². The summed E-state index contributed by atoms with van der Waals surface area (Å²) < 4.78 is 1.86. The molecular formula is C22H20N4O2S. The lowest BCUT2D eigenvalue weighted by molar-refractivity contribution is 0.0949. The molecule has 3 heterocycles. The maximum absolute atomic E-state index is 12.6. The van der Waals surface area contributed by atoms with Crippen molar-refractivity contribution in [3.05, 3.63) is 92.8 Å². The van der Waals surface area contributed by atoms with Gasteiger partial charge in [-0.25, -0.2) is 4.68 Å². The van der Waals surface area contributed by atoms with E-state index in [0.717, 1.165) is 27.5 Å². The number of carbonyl (C=O) groups excluding carboxylic acids is 1. The SMILES string of the molecule is Cc1nn(-c2ccccc2)c(C)c1CNC(=O)c1ccc(-c2cccs2)[nH]c1=O. The minimum atomic E-state index is -0.407. The predicted octanol–water partition coefficient (Wildman–Crippen LogP) is 3.84. The molecule has 0 atom stereocenters. The Morgan fingerprint density at radius 2 is 1.90 bits per heavy atom. The Bertz CT molecular complexity index is 1210. The van der Waals surface area contributed by atoms with E-state index in [9.17, 15) is 9.59 Å². The van der Waals surface area contributed by atoms with Crippen molar-refractivity contribution in [3.63, 3.8) is 0 Å². The van der Waals surface area contributed by atoms with Crippen LogP contribution in [0.15, 0.2) is 64.8 Å². The summed E-state index contributed by atoms with van der Waals surface area (Å²) in [4.78, 5) is 28.7. The molecule has 0 saturated heterocycles. The van der Waals surface area contributed by atoms with Gasteiger partial charge in [0.2, 0.25) is 0 Å². The maximum Gasteiger partial charge on any atom is 0.261 e. The minimum Gasteiger partial charge on any atom is -0.348 e. The summed E-state index contributed by atoms with van der Waals surface area (Å²) in [5.41, 5.74) is 4.10. The number of aryl methyl sites for hydroxylation is 1. The summed E-state index contributed by atoms with van der Waals surface area (Å²) in [5.74, 6) is -0.407. The fraction of sp³-hybridized carbons (Fsp3) is 0.136. The van der Waals surface area contributed by atoms with Crippen LogP contribution in [0.2, 0.25) is 0 Å². The van der Waals surface area contributed by atoms with E-state index < -0.39 is 11.5 Å². The topological polar surface area (TPSA) is 79.8 Å². The van der Waals surface area contributed by atoms with Crippen molar-refractivity contribution in [1.29, 1.82) is 0 Å². The Morgan fingerprint density at radius 1 is 1.10 bits per heavy atom. The van der Waals surface area contributed by atoms with Crippen LogP contribution in [0.5, 0.6) is 0 Å². The fourth-order valence-corrected chi connectivity index (χ4v) is 3.95. The first-order valence-electron chi connectivity index (χ1n) is 9.20. The van der Waals surface area contributed by atoms with Crippen molar-refractivity contribution in [2.75, 3.05) is 0 Å².